The highest BCUT2D eigenvalue weighted by molar-refractivity contribution is 6.02. The molecule has 0 spiro atoms. The number of hydrogen-bond donors (Lipinski definition) is 1. The van der Waals surface area contributed by atoms with Crippen molar-refractivity contribution in [2.24, 2.45) is 5.73 Å². The molecular weight excluding hydrogens is 174 g/mol. The lowest BCUT2D eigenvalue weighted by molar-refractivity contribution is -0.116. The van der Waals surface area contributed by atoms with Crippen LogP contribution in [0.5, 0.6) is 0 Å². The largest absolute Gasteiger partial charge is 0.321 e. The molecule has 2 N–H and O–H groups in total. The molecule has 0 aromatic heterocycles. The van der Waals surface area contributed by atoms with Crippen LogP contribution in [0.2, 0.25) is 0 Å². The van der Waals surface area contributed by atoms with Gasteiger partial charge in [0.2, 0.25) is 0 Å². The summed E-state index contributed by atoms with van der Waals surface area (Å²) in [5, 5.41) is 0. The fourth-order valence-corrected chi connectivity index (χ4v) is 1.23. The summed E-state index contributed by atoms with van der Waals surface area (Å²) in [5.74, 6) is -0.00569. The summed E-state index contributed by atoms with van der Waals surface area (Å²) in [5.41, 5.74) is 7.23. The molecular formula is C12H15NO. The van der Waals surface area contributed by atoms with E-state index in [-0.39, 0.29) is 5.78 Å². The summed E-state index contributed by atoms with van der Waals surface area (Å²) in [6, 6.07) is 9.32. The highest BCUT2D eigenvalue weighted by atomic mass is 16.1. The zero-order chi connectivity index (χ0) is 10.6. The molecule has 0 bridgehead atoms. The first kappa shape index (κ1) is 10.7. The maximum Gasteiger partial charge on any atom is 0.174 e. The molecule has 2 nitrogen and oxygen atoms in total. The van der Waals surface area contributed by atoms with E-state index in [2.05, 4.69) is 0 Å². The van der Waals surface area contributed by atoms with Crippen LogP contribution < -0.4 is 5.73 Å². The van der Waals surface area contributed by atoms with E-state index in [0.717, 1.165) is 5.56 Å². The van der Waals surface area contributed by atoms with Crippen LogP contribution in [-0.2, 0) is 4.79 Å². The molecule has 0 aliphatic rings. The molecule has 1 unspecified atom stereocenters. The monoisotopic (exact) mass is 189 g/mol. The van der Waals surface area contributed by atoms with Crippen molar-refractivity contribution in [3.8, 4) is 0 Å². The first-order valence-corrected chi connectivity index (χ1v) is 4.64. The summed E-state index contributed by atoms with van der Waals surface area (Å²) in [6.45, 7) is 3.49. The number of nitrogens with two attached hydrogens (primary N) is 1. The molecule has 0 aliphatic heterocycles. The minimum absolute atomic E-state index is 0.00569. The van der Waals surface area contributed by atoms with Gasteiger partial charge in [-0.1, -0.05) is 30.3 Å². The molecule has 1 rings (SSSR count). The Labute approximate surface area is 84.4 Å². The topological polar surface area (TPSA) is 43.1 Å². The Morgan fingerprint density at radius 1 is 1.36 bits per heavy atom. The van der Waals surface area contributed by atoms with E-state index in [1.54, 1.807) is 13.8 Å². The van der Waals surface area contributed by atoms with Crippen molar-refractivity contribution in [3.63, 3.8) is 0 Å². The van der Waals surface area contributed by atoms with Gasteiger partial charge in [-0.05, 0) is 31.1 Å². The Balaban J connectivity index is 2.84. The van der Waals surface area contributed by atoms with E-state index in [1.165, 1.54) is 0 Å². The van der Waals surface area contributed by atoms with Crippen LogP contribution >= 0.6 is 0 Å². The Morgan fingerprint density at radius 2 is 1.93 bits per heavy atom. The highest BCUT2D eigenvalue weighted by Gasteiger charge is 2.08. The van der Waals surface area contributed by atoms with Crippen LogP contribution in [0.15, 0.2) is 35.9 Å². The molecule has 0 fully saturated rings. The minimum Gasteiger partial charge on any atom is -0.321 e. The number of Topliss-reactive ketones (excluding diaryl/α,β-unsaturated/α-hetero) is 1. The Morgan fingerprint density at radius 3 is 2.43 bits per heavy atom. The van der Waals surface area contributed by atoms with Gasteiger partial charge in [-0.3, -0.25) is 4.79 Å². The average Bonchev–Trinajstić information content (AvgIpc) is 2.18. The number of rotatable bonds is 3. The molecule has 14 heavy (non-hydrogen) atoms. The molecule has 0 heterocycles. The van der Waals surface area contributed by atoms with Crippen molar-refractivity contribution in [2.45, 2.75) is 19.9 Å². The van der Waals surface area contributed by atoms with Crippen LogP contribution in [0.25, 0.3) is 6.08 Å². The van der Waals surface area contributed by atoms with Crippen LogP contribution in [0, 0.1) is 0 Å². The van der Waals surface area contributed by atoms with Crippen molar-refractivity contribution in [2.75, 3.05) is 0 Å². The van der Waals surface area contributed by atoms with Gasteiger partial charge in [-0.15, -0.1) is 0 Å². The predicted octanol–water partition coefficient (Wildman–Crippen LogP) is 2.01. The third-order valence-electron chi connectivity index (χ3n) is 1.98. The first-order chi connectivity index (χ1) is 6.61. The predicted molar refractivity (Wildman–Crippen MR) is 58.7 cm³/mol. The zero-order valence-electron chi connectivity index (χ0n) is 8.53. The number of carbonyl (C=O) groups is 1. The first-order valence-electron chi connectivity index (χ1n) is 4.64. The third-order valence-corrected chi connectivity index (χ3v) is 1.98. The molecule has 0 aliphatic carbocycles. The lowest BCUT2D eigenvalue weighted by Crippen LogP contribution is -2.27. The molecule has 1 atom stereocenters. The highest BCUT2D eigenvalue weighted by Crippen LogP contribution is 2.07. The second-order valence-electron chi connectivity index (χ2n) is 3.39. The Bertz CT molecular complexity index is 339. The van der Waals surface area contributed by atoms with E-state index >= 15 is 0 Å². The quantitative estimate of drug-likeness (QED) is 0.739. The molecule has 0 saturated heterocycles. The molecule has 74 valence electrons. The van der Waals surface area contributed by atoms with Crippen LogP contribution in [-0.4, -0.2) is 11.8 Å². The molecule has 0 radical (unpaired) electrons. The van der Waals surface area contributed by atoms with Crippen LogP contribution in [0.4, 0.5) is 0 Å². The van der Waals surface area contributed by atoms with E-state index < -0.39 is 6.04 Å². The minimum atomic E-state index is -0.421. The maximum atomic E-state index is 11.5. The van der Waals surface area contributed by atoms with Gasteiger partial charge >= 0.3 is 0 Å². The second-order valence-corrected chi connectivity index (χ2v) is 3.39. The van der Waals surface area contributed by atoms with Crippen molar-refractivity contribution >= 4 is 11.9 Å². The third kappa shape index (κ3) is 2.82. The number of benzene rings is 1. The number of ketones is 1. The van der Waals surface area contributed by atoms with Gasteiger partial charge in [0.15, 0.2) is 5.78 Å². The van der Waals surface area contributed by atoms with E-state index in [1.807, 2.05) is 36.4 Å². The lowest BCUT2D eigenvalue weighted by atomic mass is 10.0. The summed E-state index contributed by atoms with van der Waals surface area (Å²) in [4.78, 5) is 11.5. The SMILES string of the molecule is C/C(=C\c1ccccc1)C(=O)C(C)N. The normalized spacial score (nSPS) is 13.8. The van der Waals surface area contributed by atoms with Gasteiger partial charge in [-0.25, -0.2) is 0 Å². The summed E-state index contributed by atoms with van der Waals surface area (Å²) in [6.07, 6.45) is 1.85. The van der Waals surface area contributed by atoms with E-state index in [9.17, 15) is 4.79 Å². The van der Waals surface area contributed by atoms with Gasteiger partial charge in [0.05, 0.1) is 6.04 Å². The van der Waals surface area contributed by atoms with Gasteiger partial charge in [0.25, 0.3) is 0 Å². The van der Waals surface area contributed by atoms with E-state index in [4.69, 9.17) is 5.73 Å². The van der Waals surface area contributed by atoms with Crippen molar-refractivity contribution in [3.05, 3.63) is 41.5 Å². The Kier molecular flexibility index (Phi) is 3.60. The van der Waals surface area contributed by atoms with Crippen molar-refractivity contribution in [1.82, 2.24) is 0 Å². The zero-order valence-corrected chi connectivity index (χ0v) is 8.53. The second kappa shape index (κ2) is 4.72. The fraction of sp³-hybridized carbons (Fsp3) is 0.250. The van der Waals surface area contributed by atoms with Crippen LogP contribution in [0.1, 0.15) is 19.4 Å². The summed E-state index contributed by atoms with van der Waals surface area (Å²) >= 11 is 0. The number of carbonyl (C=O) groups excluding carboxylic acids is 1. The average molecular weight is 189 g/mol. The van der Waals surface area contributed by atoms with Gasteiger partial charge < -0.3 is 5.73 Å². The van der Waals surface area contributed by atoms with Crippen LogP contribution in [0.3, 0.4) is 0 Å². The van der Waals surface area contributed by atoms with Gasteiger partial charge in [0, 0.05) is 0 Å². The fourth-order valence-electron chi connectivity index (χ4n) is 1.23. The van der Waals surface area contributed by atoms with Gasteiger partial charge in [-0.2, -0.15) is 0 Å². The van der Waals surface area contributed by atoms with Crippen molar-refractivity contribution in [1.29, 1.82) is 0 Å². The summed E-state index contributed by atoms with van der Waals surface area (Å²) in [7, 11) is 0. The molecule has 0 amide bonds. The molecule has 1 aromatic rings. The smallest absolute Gasteiger partial charge is 0.174 e. The molecule has 1 aromatic carbocycles. The Hall–Kier alpha value is -1.41. The van der Waals surface area contributed by atoms with Crippen molar-refractivity contribution < 1.29 is 4.79 Å². The standard InChI is InChI=1S/C12H15NO/c1-9(12(14)10(2)13)8-11-6-4-3-5-7-11/h3-8,10H,13H2,1-2H3/b9-8+. The molecule has 0 saturated carbocycles. The molecule has 2 heteroatoms. The number of hydrogen-bond acceptors (Lipinski definition) is 2. The lowest BCUT2D eigenvalue weighted by Gasteiger charge is -2.03. The maximum absolute atomic E-state index is 11.5. The summed E-state index contributed by atoms with van der Waals surface area (Å²) < 4.78 is 0. The van der Waals surface area contributed by atoms with E-state index in [0.29, 0.717) is 5.57 Å². The van der Waals surface area contributed by atoms with Gasteiger partial charge in [0.1, 0.15) is 0 Å².